The van der Waals surface area contributed by atoms with Crippen molar-refractivity contribution in [3.8, 4) is 11.8 Å². The Balaban J connectivity index is 1.97. The van der Waals surface area contributed by atoms with Crippen LogP contribution in [0.4, 0.5) is 11.4 Å². The maximum atomic E-state index is 12.5. The topological polar surface area (TPSA) is 101 Å². The Morgan fingerprint density at radius 1 is 1.16 bits per heavy atom. The molecular formula is C23H19ClN4O3. The van der Waals surface area contributed by atoms with Gasteiger partial charge in [0.05, 0.1) is 10.6 Å². The Bertz CT molecular complexity index is 1250. The van der Waals surface area contributed by atoms with E-state index in [0.29, 0.717) is 27.5 Å². The lowest BCUT2D eigenvalue weighted by atomic mass is 10.1. The van der Waals surface area contributed by atoms with E-state index in [4.69, 9.17) is 11.6 Å². The molecule has 1 amide bonds. The lowest BCUT2D eigenvalue weighted by Crippen LogP contribution is -2.13. The molecule has 3 rings (SSSR count). The Morgan fingerprint density at radius 2 is 1.84 bits per heavy atom. The molecule has 0 radical (unpaired) electrons. The van der Waals surface area contributed by atoms with E-state index in [1.165, 1.54) is 12.1 Å². The summed E-state index contributed by atoms with van der Waals surface area (Å²) < 4.78 is 1.85. The van der Waals surface area contributed by atoms with Crippen LogP contribution in [0.15, 0.2) is 54.1 Å². The molecule has 0 bridgehead atoms. The van der Waals surface area contributed by atoms with Crippen molar-refractivity contribution in [1.82, 2.24) is 4.57 Å². The number of aryl methyl sites for hydroxylation is 2. The highest BCUT2D eigenvalue weighted by atomic mass is 35.5. The van der Waals surface area contributed by atoms with Crippen LogP contribution in [0.1, 0.15) is 22.5 Å². The molecule has 1 aromatic heterocycles. The molecule has 31 heavy (non-hydrogen) atoms. The lowest BCUT2D eigenvalue weighted by Gasteiger charge is -2.10. The summed E-state index contributed by atoms with van der Waals surface area (Å²) >= 11 is 5.85. The molecule has 0 saturated heterocycles. The fourth-order valence-electron chi connectivity index (χ4n) is 3.30. The molecule has 8 heteroatoms. The first-order valence-corrected chi connectivity index (χ1v) is 9.72. The summed E-state index contributed by atoms with van der Waals surface area (Å²) in [5.74, 6) is -0.541. The lowest BCUT2D eigenvalue weighted by molar-refractivity contribution is -0.385. The van der Waals surface area contributed by atoms with Gasteiger partial charge in [-0.3, -0.25) is 14.9 Å². The molecule has 0 spiro atoms. The quantitative estimate of drug-likeness (QED) is 0.247. The normalized spacial score (nSPS) is 11.1. The molecule has 2 aromatic carbocycles. The SMILES string of the molecule is Cc1ccc(-n2c(C)cc(C=C(C#N)C(=O)Nc3ccc(Cl)cc3)c2C)cc1[N+](=O)[O-]. The van der Waals surface area contributed by atoms with Crippen LogP contribution in [0, 0.1) is 42.2 Å². The molecule has 0 aliphatic heterocycles. The van der Waals surface area contributed by atoms with Gasteiger partial charge >= 0.3 is 0 Å². The number of nitro groups is 1. The summed E-state index contributed by atoms with van der Waals surface area (Å²) in [4.78, 5) is 23.4. The first-order chi connectivity index (χ1) is 14.7. The summed E-state index contributed by atoms with van der Waals surface area (Å²) in [6.07, 6.45) is 1.51. The van der Waals surface area contributed by atoms with Crippen LogP contribution in [0.2, 0.25) is 5.02 Å². The van der Waals surface area contributed by atoms with Crippen LogP contribution in [0.3, 0.4) is 0 Å². The smallest absolute Gasteiger partial charge is 0.274 e. The zero-order valence-electron chi connectivity index (χ0n) is 17.1. The molecular weight excluding hydrogens is 416 g/mol. The van der Waals surface area contributed by atoms with E-state index in [1.807, 2.05) is 30.6 Å². The third-order valence-corrected chi connectivity index (χ3v) is 5.14. The maximum absolute atomic E-state index is 12.5. The number of nitrogens with zero attached hydrogens (tertiary/aromatic N) is 3. The molecule has 0 fully saturated rings. The zero-order valence-corrected chi connectivity index (χ0v) is 17.9. The molecule has 0 aliphatic carbocycles. The number of aromatic nitrogens is 1. The fourth-order valence-corrected chi connectivity index (χ4v) is 3.43. The number of nitro benzene ring substituents is 1. The predicted molar refractivity (Wildman–Crippen MR) is 120 cm³/mol. The number of hydrogen-bond acceptors (Lipinski definition) is 4. The van der Waals surface area contributed by atoms with E-state index in [2.05, 4.69) is 5.32 Å². The van der Waals surface area contributed by atoms with Gasteiger partial charge in [0.2, 0.25) is 0 Å². The van der Waals surface area contributed by atoms with Gasteiger partial charge in [-0.25, -0.2) is 0 Å². The molecule has 3 aromatic rings. The van der Waals surface area contributed by atoms with E-state index in [9.17, 15) is 20.2 Å². The van der Waals surface area contributed by atoms with Crippen molar-refractivity contribution in [3.05, 3.63) is 91.8 Å². The van der Waals surface area contributed by atoms with Crippen LogP contribution >= 0.6 is 11.6 Å². The molecule has 0 unspecified atom stereocenters. The van der Waals surface area contributed by atoms with E-state index in [0.717, 1.165) is 11.4 Å². The fraction of sp³-hybridized carbons (Fsp3) is 0.130. The van der Waals surface area contributed by atoms with Crippen molar-refractivity contribution >= 4 is 35.0 Å². The molecule has 7 nitrogen and oxygen atoms in total. The maximum Gasteiger partial charge on any atom is 0.274 e. The molecule has 156 valence electrons. The minimum atomic E-state index is -0.541. The van der Waals surface area contributed by atoms with Crippen molar-refractivity contribution < 1.29 is 9.72 Å². The minimum Gasteiger partial charge on any atom is -0.321 e. The summed E-state index contributed by atoms with van der Waals surface area (Å²) in [5.41, 5.74) is 3.93. The van der Waals surface area contributed by atoms with Crippen LogP contribution in [-0.2, 0) is 4.79 Å². The number of nitrogens with one attached hydrogen (secondary N) is 1. The first kappa shape index (κ1) is 21.8. The van der Waals surface area contributed by atoms with Crippen LogP contribution in [0.5, 0.6) is 0 Å². The van der Waals surface area contributed by atoms with E-state index < -0.39 is 10.8 Å². The number of halogens is 1. The highest BCUT2D eigenvalue weighted by molar-refractivity contribution is 6.30. The van der Waals surface area contributed by atoms with Crippen molar-refractivity contribution in [2.75, 3.05) is 5.32 Å². The number of carbonyl (C=O) groups excluding carboxylic acids is 1. The highest BCUT2D eigenvalue weighted by Gasteiger charge is 2.17. The number of hydrogen-bond donors (Lipinski definition) is 1. The van der Waals surface area contributed by atoms with E-state index in [1.54, 1.807) is 43.3 Å². The summed E-state index contributed by atoms with van der Waals surface area (Å²) in [6, 6.07) is 15.3. The Hall–Kier alpha value is -3.89. The zero-order chi connectivity index (χ0) is 22.7. The summed E-state index contributed by atoms with van der Waals surface area (Å²) in [6.45, 7) is 5.37. The van der Waals surface area contributed by atoms with Crippen molar-refractivity contribution in [2.24, 2.45) is 0 Å². The first-order valence-electron chi connectivity index (χ1n) is 9.34. The van der Waals surface area contributed by atoms with Crippen LogP contribution < -0.4 is 5.32 Å². The van der Waals surface area contributed by atoms with Crippen molar-refractivity contribution in [2.45, 2.75) is 20.8 Å². The Labute approximate surface area is 184 Å². The number of rotatable bonds is 5. The number of carbonyl (C=O) groups is 1. The van der Waals surface area contributed by atoms with Gasteiger partial charge in [0.25, 0.3) is 11.6 Å². The second-order valence-electron chi connectivity index (χ2n) is 7.02. The minimum absolute atomic E-state index is 0.0298. The molecule has 0 aliphatic rings. The average molecular weight is 435 g/mol. The third kappa shape index (κ3) is 4.65. The van der Waals surface area contributed by atoms with Crippen molar-refractivity contribution in [1.29, 1.82) is 5.26 Å². The standard InChI is InChI=1S/C23H19ClN4O3/c1-14-4-9-21(12-22(14)28(30)31)27-15(2)10-17(16(27)3)11-18(13-25)23(29)26-20-7-5-19(24)6-8-20/h4-12H,1-3H3,(H,26,29). The highest BCUT2D eigenvalue weighted by Crippen LogP contribution is 2.27. The van der Waals surface area contributed by atoms with Gasteiger partial charge in [-0.1, -0.05) is 17.7 Å². The monoisotopic (exact) mass is 434 g/mol. The third-order valence-electron chi connectivity index (χ3n) is 4.88. The van der Waals surface area contributed by atoms with E-state index >= 15 is 0 Å². The van der Waals surface area contributed by atoms with Crippen LogP contribution in [0.25, 0.3) is 11.8 Å². The number of nitriles is 1. The van der Waals surface area contributed by atoms with Gasteiger partial charge in [-0.2, -0.15) is 5.26 Å². The van der Waals surface area contributed by atoms with Gasteiger partial charge in [0.1, 0.15) is 11.6 Å². The second kappa shape index (κ2) is 8.86. The average Bonchev–Trinajstić information content (AvgIpc) is 3.01. The van der Waals surface area contributed by atoms with Gasteiger partial charge in [0, 0.05) is 33.7 Å². The second-order valence-corrected chi connectivity index (χ2v) is 7.46. The largest absolute Gasteiger partial charge is 0.321 e. The van der Waals surface area contributed by atoms with Gasteiger partial charge in [0.15, 0.2) is 0 Å². The molecule has 0 saturated carbocycles. The Kier molecular flexibility index (Phi) is 6.23. The summed E-state index contributed by atoms with van der Waals surface area (Å²) in [7, 11) is 0. The number of amides is 1. The van der Waals surface area contributed by atoms with Gasteiger partial charge in [-0.15, -0.1) is 0 Å². The molecule has 1 heterocycles. The molecule has 1 N–H and O–H groups in total. The summed E-state index contributed by atoms with van der Waals surface area (Å²) in [5, 5.41) is 24.0. The Morgan fingerprint density at radius 3 is 2.45 bits per heavy atom. The predicted octanol–water partition coefficient (Wildman–Crippen LogP) is 5.51. The number of anilines is 1. The van der Waals surface area contributed by atoms with Crippen LogP contribution in [-0.4, -0.2) is 15.4 Å². The van der Waals surface area contributed by atoms with Gasteiger partial charge < -0.3 is 9.88 Å². The van der Waals surface area contributed by atoms with E-state index in [-0.39, 0.29) is 11.3 Å². The number of benzene rings is 2. The molecule has 0 atom stereocenters. The van der Waals surface area contributed by atoms with Crippen molar-refractivity contribution in [3.63, 3.8) is 0 Å². The van der Waals surface area contributed by atoms with Gasteiger partial charge in [-0.05, 0) is 68.8 Å².